The number of nitrogens with one attached hydrogen (secondary N) is 2. The molecule has 2 aromatic carbocycles. The second-order valence-electron chi connectivity index (χ2n) is 8.12. The third-order valence-corrected chi connectivity index (χ3v) is 5.14. The van der Waals surface area contributed by atoms with Crippen molar-refractivity contribution >= 4 is 23.6 Å². The molecule has 3 rings (SSSR count). The first-order valence-electron chi connectivity index (χ1n) is 10.5. The van der Waals surface area contributed by atoms with Crippen LogP contribution in [0.5, 0.6) is 0 Å². The van der Waals surface area contributed by atoms with Gasteiger partial charge in [-0.25, -0.2) is 9.59 Å². The Morgan fingerprint density at radius 3 is 2.42 bits per heavy atom. The molecule has 0 aliphatic carbocycles. The van der Waals surface area contributed by atoms with Crippen LogP contribution in [0.15, 0.2) is 48.5 Å². The van der Waals surface area contributed by atoms with Gasteiger partial charge < -0.3 is 20.3 Å². The normalized spacial score (nSPS) is 15.9. The van der Waals surface area contributed by atoms with Crippen LogP contribution in [0.4, 0.5) is 10.5 Å². The van der Waals surface area contributed by atoms with Crippen molar-refractivity contribution in [2.24, 2.45) is 0 Å². The van der Waals surface area contributed by atoms with Crippen molar-refractivity contribution in [1.82, 2.24) is 10.6 Å². The van der Waals surface area contributed by atoms with Crippen LogP contribution in [0.2, 0.25) is 0 Å². The molecule has 164 valence electrons. The fourth-order valence-electron chi connectivity index (χ4n) is 3.63. The third kappa shape index (κ3) is 5.42. The highest BCUT2D eigenvalue weighted by Gasteiger charge is 2.34. The molecule has 2 atom stereocenters. The Labute approximate surface area is 182 Å². The zero-order valence-electron chi connectivity index (χ0n) is 18.3. The van der Waals surface area contributed by atoms with E-state index >= 15 is 0 Å². The topological polar surface area (TPSA) is 87.7 Å². The molecule has 2 N–H and O–H groups in total. The van der Waals surface area contributed by atoms with Crippen LogP contribution in [-0.2, 0) is 22.5 Å². The van der Waals surface area contributed by atoms with E-state index in [0.29, 0.717) is 12.1 Å². The molecule has 0 saturated heterocycles. The molecule has 0 aromatic heterocycles. The lowest BCUT2D eigenvalue weighted by Gasteiger charge is -2.26. The molecular formula is C24H29N3O4. The van der Waals surface area contributed by atoms with Gasteiger partial charge in [-0.3, -0.25) is 4.79 Å². The Morgan fingerprint density at radius 1 is 1.06 bits per heavy atom. The number of fused-ring (bicyclic) bond motifs is 1. The van der Waals surface area contributed by atoms with Gasteiger partial charge in [-0.05, 0) is 63.4 Å². The van der Waals surface area contributed by atoms with Gasteiger partial charge in [0.05, 0.1) is 5.56 Å². The number of carbonyl (C=O) groups is 3. The monoisotopic (exact) mass is 423 g/mol. The second-order valence-corrected chi connectivity index (χ2v) is 8.12. The highest BCUT2D eigenvalue weighted by molar-refractivity contribution is 6.00. The molecule has 0 unspecified atom stereocenters. The molecule has 7 nitrogen and oxygen atoms in total. The van der Waals surface area contributed by atoms with Gasteiger partial charge in [0.1, 0.15) is 0 Å². The van der Waals surface area contributed by atoms with E-state index in [2.05, 4.69) is 10.6 Å². The Morgan fingerprint density at radius 2 is 1.74 bits per heavy atom. The molecular weight excluding hydrogens is 394 g/mol. The Bertz CT molecular complexity index is 956. The van der Waals surface area contributed by atoms with Gasteiger partial charge in [0, 0.05) is 24.3 Å². The Balaban J connectivity index is 1.57. The maximum Gasteiger partial charge on any atom is 0.338 e. The predicted octanol–water partition coefficient (Wildman–Crippen LogP) is 3.42. The van der Waals surface area contributed by atoms with Crippen molar-refractivity contribution in [2.45, 2.75) is 58.8 Å². The van der Waals surface area contributed by atoms with Crippen LogP contribution in [0, 0.1) is 0 Å². The molecule has 1 aliphatic rings. The first-order valence-corrected chi connectivity index (χ1v) is 10.5. The van der Waals surface area contributed by atoms with Gasteiger partial charge in [0.25, 0.3) is 5.91 Å². The molecule has 1 aliphatic heterocycles. The lowest BCUT2D eigenvalue weighted by molar-refractivity contribution is -0.126. The number of carbonyl (C=O) groups excluding carboxylic acids is 3. The standard InChI is InChI=1S/C24H29N3O4/c1-15(2)26-24(30)25-14-18-9-11-19(12-10-18)23(29)31-17(4)22(28)27-16(3)13-20-7-5-6-8-21(20)27/h5-12,15-17H,13-14H2,1-4H3,(H2,25,26,30)/t16-,17+/m0/s1. The zero-order chi connectivity index (χ0) is 22.5. The summed E-state index contributed by atoms with van der Waals surface area (Å²) in [5.41, 5.74) is 3.20. The summed E-state index contributed by atoms with van der Waals surface area (Å²) in [7, 11) is 0. The third-order valence-electron chi connectivity index (χ3n) is 5.14. The van der Waals surface area contributed by atoms with Gasteiger partial charge in [-0.15, -0.1) is 0 Å². The van der Waals surface area contributed by atoms with Crippen LogP contribution >= 0.6 is 0 Å². The van der Waals surface area contributed by atoms with Gasteiger partial charge >= 0.3 is 12.0 Å². The smallest absolute Gasteiger partial charge is 0.338 e. The number of ether oxygens (including phenoxy) is 1. The largest absolute Gasteiger partial charge is 0.449 e. The molecule has 0 spiro atoms. The Kier molecular flexibility index (Phi) is 6.95. The van der Waals surface area contributed by atoms with Gasteiger partial charge in [-0.2, -0.15) is 0 Å². The number of benzene rings is 2. The zero-order valence-corrected chi connectivity index (χ0v) is 18.3. The summed E-state index contributed by atoms with van der Waals surface area (Å²) in [6, 6.07) is 14.4. The molecule has 7 heteroatoms. The van der Waals surface area contributed by atoms with Crippen molar-refractivity contribution in [3.8, 4) is 0 Å². The molecule has 31 heavy (non-hydrogen) atoms. The summed E-state index contributed by atoms with van der Waals surface area (Å²) in [6.45, 7) is 7.69. The number of hydrogen-bond donors (Lipinski definition) is 2. The molecule has 0 bridgehead atoms. The van der Waals surface area contributed by atoms with Crippen molar-refractivity contribution in [3.63, 3.8) is 0 Å². The Hall–Kier alpha value is -3.35. The summed E-state index contributed by atoms with van der Waals surface area (Å²) < 4.78 is 5.45. The van der Waals surface area contributed by atoms with Crippen LogP contribution in [0.25, 0.3) is 0 Å². The average Bonchev–Trinajstić information content (AvgIpc) is 3.07. The number of nitrogens with zero attached hydrogens (tertiary/aromatic N) is 1. The number of esters is 1. The lowest BCUT2D eigenvalue weighted by Crippen LogP contribution is -2.43. The van der Waals surface area contributed by atoms with E-state index in [4.69, 9.17) is 4.74 Å². The quantitative estimate of drug-likeness (QED) is 0.697. The number of para-hydroxylation sites is 1. The van der Waals surface area contributed by atoms with E-state index in [1.165, 1.54) is 0 Å². The van der Waals surface area contributed by atoms with Crippen molar-refractivity contribution in [3.05, 3.63) is 65.2 Å². The number of rotatable bonds is 6. The molecule has 0 radical (unpaired) electrons. The van der Waals surface area contributed by atoms with Gasteiger partial charge in [0.2, 0.25) is 0 Å². The minimum atomic E-state index is -0.901. The number of anilines is 1. The lowest BCUT2D eigenvalue weighted by atomic mass is 10.1. The maximum atomic E-state index is 13.0. The number of amides is 3. The average molecular weight is 424 g/mol. The summed E-state index contributed by atoms with van der Waals surface area (Å²) >= 11 is 0. The summed E-state index contributed by atoms with van der Waals surface area (Å²) in [5.74, 6) is -0.791. The van der Waals surface area contributed by atoms with E-state index in [1.807, 2.05) is 45.0 Å². The van der Waals surface area contributed by atoms with E-state index in [-0.39, 0.29) is 24.0 Å². The molecule has 2 aromatic rings. The van der Waals surface area contributed by atoms with E-state index in [0.717, 1.165) is 23.2 Å². The first-order chi connectivity index (χ1) is 14.8. The molecule has 0 fully saturated rings. The van der Waals surface area contributed by atoms with Gasteiger partial charge in [0.15, 0.2) is 6.10 Å². The second kappa shape index (κ2) is 9.64. The first kappa shape index (κ1) is 22.3. The minimum Gasteiger partial charge on any atom is -0.449 e. The highest BCUT2D eigenvalue weighted by atomic mass is 16.5. The predicted molar refractivity (Wildman–Crippen MR) is 119 cm³/mol. The van der Waals surface area contributed by atoms with Crippen LogP contribution in [0.1, 0.15) is 49.2 Å². The van der Waals surface area contributed by atoms with E-state index in [9.17, 15) is 14.4 Å². The fourth-order valence-corrected chi connectivity index (χ4v) is 3.63. The summed E-state index contributed by atoms with van der Waals surface area (Å²) in [4.78, 5) is 38.9. The summed E-state index contributed by atoms with van der Waals surface area (Å²) in [6.07, 6.45) is -0.116. The van der Waals surface area contributed by atoms with Gasteiger partial charge in [-0.1, -0.05) is 30.3 Å². The highest BCUT2D eigenvalue weighted by Crippen LogP contribution is 2.32. The van der Waals surface area contributed by atoms with Crippen molar-refractivity contribution in [1.29, 1.82) is 0 Å². The van der Waals surface area contributed by atoms with Crippen molar-refractivity contribution < 1.29 is 19.1 Å². The van der Waals surface area contributed by atoms with Crippen LogP contribution in [-0.4, -0.2) is 36.1 Å². The van der Waals surface area contributed by atoms with Crippen molar-refractivity contribution in [2.75, 3.05) is 4.90 Å². The number of hydrogen-bond acceptors (Lipinski definition) is 4. The maximum absolute atomic E-state index is 13.0. The van der Waals surface area contributed by atoms with E-state index in [1.54, 1.807) is 36.1 Å². The molecule has 3 amide bonds. The number of urea groups is 1. The molecule has 0 saturated carbocycles. The van der Waals surface area contributed by atoms with E-state index < -0.39 is 12.1 Å². The van der Waals surface area contributed by atoms with Crippen LogP contribution < -0.4 is 15.5 Å². The van der Waals surface area contributed by atoms with Crippen LogP contribution in [0.3, 0.4) is 0 Å². The summed E-state index contributed by atoms with van der Waals surface area (Å²) in [5, 5.41) is 5.50. The SMILES string of the molecule is CC(C)NC(=O)NCc1ccc(C(=O)O[C@H](C)C(=O)N2c3ccccc3C[C@@H]2C)cc1. The minimum absolute atomic E-state index is 0.0192. The fraction of sp³-hybridized carbons (Fsp3) is 0.375. The molecule has 1 heterocycles.